The molecule has 3 aromatic rings. The first-order chi connectivity index (χ1) is 16.1. The Bertz CT molecular complexity index is 1300. The summed E-state index contributed by atoms with van der Waals surface area (Å²) in [6.07, 6.45) is 4.48. The first-order valence-electron chi connectivity index (χ1n) is 11.1. The zero-order valence-corrected chi connectivity index (χ0v) is 18.4. The van der Waals surface area contributed by atoms with Crippen LogP contribution in [0, 0.1) is 18.3 Å². The summed E-state index contributed by atoms with van der Waals surface area (Å²) < 4.78 is 0. The monoisotopic (exact) mass is 432 g/mol. The van der Waals surface area contributed by atoms with E-state index in [1.165, 1.54) is 0 Å². The van der Waals surface area contributed by atoms with Crippen molar-refractivity contribution in [2.24, 2.45) is 5.73 Å². The number of pyridine rings is 1. The molecule has 1 aliphatic heterocycles. The molecule has 0 amide bonds. The van der Waals surface area contributed by atoms with E-state index in [1.807, 2.05) is 66.4 Å². The van der Waals surface area contributed by atoms with Crippen LogP contribution < -0.4 is 10.6 Å². The van der Waals surface area contributed by atoms with E-state index < -0.39 is 5.92 Å². The van der Waals surface area contributed by atoms with Gasteiger partial charge in [-0.15, -0.1) is 0 Å². The third-order valence-electron chi connectivity index (χ3n) is 6.55. The summed E-state index contributed by atoms with van der Waals surface area (Å²) in [4.78, 5) is 19.9. The average molecular weight is 433 g/mol. The minimum absolute atomic E-state index is 0.0479. The number of benzene rings is 2. The number of aryl methyl sites for hydroxylation is 1. The summed E-state index contributed by atoms with van der Waals surface area (Å²) in [6.45, 7) is 2.02. The highest BCUT2D eigenvalue weighted by molar-refractivity contribution is 6.01. The highest BCUT2D eigenvalue weighted by Gasteiger charge is 2.42. The van der Waals surface area contributed by atoms with Crippen molar-refractivity contribution in [3.63, 3.8) is 0 Å². The molecule has 5 heteroatoms. The molecular weight excluding hydrogens is 408 g/mol. The largest absolute Gasteiger partial charge is 0.384 e. The van der Waals surface area contributed by atoms with E-state index in [0.29, 0.717) is 29.8 Å². The molecule has 0 saturated heterocycles. The summed E-state index contributed by atoms with van der Waals surface area (Å²) >= 11 is 0. The quantitative estimate of drug-likeness (QED) is 0.623. The maximum Gasteiger partial charge on any atom is 0.162 e. The number of nitrogens with two attached hydrogens (primary N) is 1. The molecule has 0 unspecified atom stereocenters. The van der Waals surface area contributed by atoms with Gasteiger partial charge in [-0.2, -0.15) is 5.26 Å². The predicted octanol–water partition coefficient (Wildman–Crippen LogP) is 5.09. The fourth-order valence-electron chi connectivity index (χ4n) is 4.96. The molecule has 2 aromatic carbocycles. The van der Waals surface area contributed by atoms with Crippen molar-refractivity contribution in [1.29, 1.82) is 5.26 Å². The Hall–Kier alpha value is -4.17. The Kier molecular flexibility index (Phi) is 5.27. The molecule has 0 fully saturated rings. The molecule has 1 aliphatic carbocycles. The SMILES string of the molecule is Cc1ccc([C@@H]2C(C#N)=C(N)N(c3cccnc3)C3=C2C(=O)C[C@@H](c2ccccc2)C3)cc1. The molecule has 2 N–H and O–H groups in total. The van der Waals surface area contributed by atoms with E-state index in [4.69, 9.17) is 5.73 Å². The molecule has 1 aromatic heterocycles. The number of Topliss-reactive ketones (excluding diaryl/α,β-unsaturated/α-hetero) is 1. The highest BCUT2D eigenvalue weighted by atomic mass is 16.1. The van der Waals surface area contributed by atoms with Gasteiger partial charge in [0.2, 0.25) is 0 Å². The zero-order chi connectivity index (χ0) is 22.9. The highest BCUT2D eigenvalue weighted by Crippen LogP contribution is 2.49. The third-order valence-corrected chi connectivity index (χ3v) is 6.55. The summed E-state index contributed by atoms with van der Waals surface area (Å²) in [6, 6.07) is 24.2. The van der Waals surface area contributed by atoms with Crippen molar-refractivity contribution in [3.05, 3.63) is 118 Å². The lowest BCUT2D eigenvalue weighted by atomic mass is 9.72. The average Bonchev–Trinajstić information content (AvgIpc) is 2.85. The normalized spacial score (nSPS) is 20.5. The topological polar surface area (TPSA) is 83.0 Å². The Balaban J connectivity index is 1.72. The van der Waals surface area contributed by atoms with Crippen molar-refractivity contribution < 1.29 is 4.79 Å². The van der Waals surface area contributed by atoms with E-state index in [0.717, 1.165) is 28.1 Å². The molecule has 0 spiro atoms. The van der Waals surface area contributed by atoms with Gasteiger partial charge in [-0.1, -0.05) is 60.2 Å². The number of anilines is 1. The van der Waals surface area contributed by atoms with Crippen LogP contribution in [-0.4, -0.2) is 10.8 Å². The summed E-state index contributed by atoms with van der Waals surface area (Å²) in [5.41, 5.74) is 12.5. The zero-order valence-electron chi connectivity index (χ0n) is 18.4. The molecule has 5 rings (SSSR count). The maximum atomic E-state index is 13.7. The molecule has 5 nitrogen and oxygen atoms in total. The van der Waals surface area contributed by atoms with Gasteiger partial charge >= 0.3 is 0 Å². The molecule has 2 aliphatic rings. The lowest BCUT2D eigenvalue weighted by Crippen LogP contribution is -2.40. The molecule has 162 valence electrons. The number of ketones is 1. The van der Waals surface area contributed by atoms with Gasteiger partial charge in [0.1, 0.15) is 5.82 Å². The number of carbonyl (C=O) groups excluding carboxylic acids is 1. The molecule has 33 heavy (non-hydrogen) atoms. The minimum Gasteiger partial charge on any atom is -0.384 e. The van der Waals surface area contributed by atoms with Gasteiger partial charge in [-0.05, 0) is 42.5 Å². The fourth-order valence-corrected chi connectivity index (χ4v) is 4.96. The lowest BCUT2D eigenvalue weighted by molar-refractivity contribution is -0.116. The number of carbonyl (C=O) groups is 1. The number of hydrogen-bond donors (Lipinski definition) is 1. The molecule has 2 atom stereocenters. The molecule has 0 bridgehead atoms. The van der Waals surface area contributed by atoms with Crippen molar-refractivity contribution in [1.82, 2.24) is 4.98 Å². The lowest BCUT2D eigenvalue weighted by Gasteiger charge is -2.41. The van der Waals surface area contributed by atoms with E-state index >= 15 is 0 Å². The molecule has 0 saturated carbocycles. The summed E-state index contributed by atoms with van der Waals surface area (Å²) in [5, 5.41) is 10.2. The fraction of sp³-hybridized carbons (Fsp3) is 0.179. The molecule has 2 heterocycles. The minimum atomic E-state index is -0.470. The standard InChI is InChI=1S/C28H24N4O/c1-18-9-11-20(12-10-18)26-23(16-29)28(30)32(22-8-5-13-31-17-22)24-14-21(15-25(33)27(24)26)19-6-3-2-4-7-19/h2-13,17,21,26H,14-15,30H2,1H3/t21-,26+/m0/s1. The van der Waals surface area contributed by atoms with Gasteiger partial charge in [0.25, 0.3) is 0 Å². The van der Waals surface area contributed by atoms with Crippen LogP contribution in [0.3, 0.4) is 0 Å². The van der Waals surface area contributed by atoms with Crippen molar-refractivity contribution >= 4 is 11.5 Å². The molecule has 0 radical (unpaired) electrons. The smallest absolute Gasteiger partial charge is 0.162 e. The van der Waals surface area contributed by atoms with Crippen LogP contribution in [0.25, 0.3) is 0 Å². The van der Waals surface area contributed by atoms with Gasteiger partial charge in [-0.3, -0.25) is 14.7 Å². The number of aromatic nitrogens is 1. The van der Waals surface area contributed by atoms with Crippen LogP contribution in [0.4, 0.5) is 5.69 Å². The van der Waals surface area contributed by atoms with Crippen molar-refractivity contribution in [2.45, 2.75) is 31.6 Å². The number of nitriles is 1. The van der Waals surface area contributed by atoms with Gasteiger partial charge in [0.15, 0.2) is 5.78 Å². The summed E-state index contributed by atoms with van der Waals surface area (Å²) in [5.74, 6) is -0.00405. The first kappa shape index (κ1) is 20.7. The van der Waals surface area contributed by atoms with Crippen LogP contribution >= 0.6 is 0 Å². The second-order valence-electron chi connectivity index (χ2n) is 8.60. The predicted molar refractivity (Wildman–Crippen MR) is 128 cm³/mol. The number of nitrogens with zero attached hydrogens (tertiary/aromatic N) is 3. The maximum absolute atomic E-state index is 13.7. The van der Waals surface area contributed by atoms with Crippen molar-refractivity contribution in [2.75, 3.05) is 4.90 Å². The van der Waals surface area contributed by atoms with Crippen molar-refractivity contribution in [3.8, 4) is 6.07 Å². The van der Waals surface area contributed by atoms with Crippen LogP contribution in [-0.2, 0) is 4.79 Å². The molecular formula is C28H24N4O. The van der Waals surface area contributed by atoms with Crippen LogP contribution in [0.5, 0.6) is 0 Å². The Labute approximate surface area is 193 Å². The van der Waals surface area contributed by atoms with Gasteiger partial charge < -0.3 is 5.73 Å². The number of hydrogen-bond acceptors (Lipinski definition) is 5. The summed E-state index contributed by atoms with van der Waals surface area (Å²) in [7, 11) is 0. The second kappa shape index (κ2) is 8.40. The number of rotatable bonds is 3. The second-order valence-corrected chi connectivity index (χ2v) is 8.60. The van der Waals surface area contributed by atoms with E-state index in [2.05, 4.69) is 23.2 Å². The van der Waals surface area contributed by atoms with Crippen LogP contribution in [0.2, 0.25) is 0 Å². The van der Waals surface area contributed by atoms with Gasteiger partial charge in [0, 0.05) is 23.9 Å². The van der Waals surface area contributed by atoms with E-state index in [9.17, 15) is 10.1 Å². The van der Waals surface area contributed by atoms with Gasteiger partial charge in [0.05, 0.1) is 29.4 Å². The number of allylic oxidation sites excluding steroid dienone is 3. The van der Waals surface area contributed by atoms with Crippen LogP contribution in [0.15, 0.2) is 102 Å². The Morgan fingerprint density at radius 3 is 2.42 bits per heavy atom. The van der Waals surface area contributed by atoms with E-state index in [1.54, 1.807) is 12.4 Å². The van der Waals surface area contributed by atoms with E-state index in [-0.39, 0.29) is 11.7 Å². The first-order valence-corrected chi connectivity index (χ1v) is 11.1. The third kappa shape index (κ3) is 3.60. The Morgan fingerprint density at radius 1 is 1.00 bits per heavy atom. The Morgan fingerprint density at radius 2 is 1.76 bits per heavy atom. The van der Waals surface area contributed by atoms with Crippen LogP contribution in [0.1, 0.15) is 41.4 Å². The van der Waals surface area contributed by atoms with Gasteiger partial charge in [-0.25, -0.2) is 0 Å².